The Balaban J connectivity index is 4.76. The standard InChI is InChI=1S/C10H20O10/c11-1-3(13)5(15)7(17)9(19)10(20)8(18)6(16)4(14)2-12/h3-9,11-19H,1-2H2/t3-,4-,5-,6-,7+,8+,9+/m1/s1. The quantitative estimate of drug-likeness (QED) is 0.197. The summed E-state index contributed by atoms with van der Waals surface area (Å²) in [6.07, 6.45) is -14.8. The molecule has 0 heterocycles. The number of Topliss-reactive ketones (excluding diaryl/α,β-unsaturated/α-hetero) is 1. The van der Waals surface area contributed by atoms with Crippen LogP contribution in [-0.4, -0.2) is 108 Å². The second-order valence-electron chi connectivity index (χ2n) is 4.26. The molecule has 0 aromatic rings. The number of aliphatic hydroxyl groups is 9. The molecule has 0 aromatic carbocycles. The van der Waals surface area contributed by atoms with Crippen molar-refractivity contribution in [3.63, 3.8) is 0 Å². The first-order valence-electron chi connectivity index (χ1n) is 5.70. The van der Waals surface area contributed by atoms with Crippen LogP contribution in [0, 0.1) is 0 Å². The van der Waals surface area contributed by atoms with Crippen LogP contribution in [0.3, 0.4) is 0 Å². The van der Waals surface area contributed by atoms with Gasteiger partial charge < -0.3 is 46.0 Å². The van der Waals surface area contributed by atoms with Gasteiger partial charge in [-0.05, 0) is 0 Å². The lowest BCUT2D eigenvalue weighted by Gasteiger charge is -2.28. The van der Waals surface area contributed by atoms with Crippen molar-refractivity contribution in [3.8, 4) is 0 Å². The fourth-order valence-electron chi connectivity index (χ4n) is 1.35. The van der Waals surface area contributed by atoms with E-state index in [1.165, 1.54) is 0 Å². The first-order chi connectivity index (χ1) is 9.18. The van der Waals surface area contributed by atoms with Gasteiger partial charge in [-0.1, -0.05) is 0 Å². The molecular weight excluding hydrogens is 280 g/mol. The molecule has 0 aliphatic carbocycles. The molecule has 0 saturated heterocycles. The van der Waals surface area contributed by atoms with E-state index in [0.717, 1.165) is 0 Å². The number of aliphatic hydroxyl groups excluding tert-OH is 9. The lowest BCUT2D eigenvalue weighted by Crippen LogP contribution is -2.54. The van der Waals surface area contributed by atoms with Crippen LogP contribution in [0.4, 0.5) is 0 Å². The minimum absolute atomic E-state index is 0.951. The number of carbonyl (C=O) groups excluding carboxylic acids is 1. The summed E-state index contributed by atoms with van der Waals surface area (Å²) in [6, 6.07) is 0. The Morgan fingerprint density at radius 3 is 1.40 bits per heavy atom. The number of carbonyl (C=O) groups is 1. The molecule has 0 spiro atoms. The predicted octanol–water partition coefficient (Wildman–Crippen LogP) is -5.93. The van der Waals surface area contributed by atoms with Crippen LogP contribution in [0.15, 0.2) is 0 Å². The van der Waals surface area contributed by atoms with E-state index >= 15 is 0 Å². The Bertz CT molecular complexity index is 298. The zero-order valence-corrected chi connectivity index (χ0v) is 10.4. The molecule has 0 fully saturated rings. The van der Waals surface area contributed by atoms with Gasteiger partial charge >= 0.3 is 0 Å². The molecule has 10 heteroatoms. The van der Waals surface area contributed by atoms with Gasteiger partial charge in [-0.25, -0.2) is 0 Å². The highest BCUT2D eigenvalue weighted by Crippen LogP contribution is 2.10. The van der Waals surface area contributed by atoms with Crippen molar-refractivity contribution in [2.45, 2.75) is 42.7 Å². The molecule has 120 valence electrons. The number of rotatable bonds is 9. The minimum Gasteiger partial charge on any atom is -0.394 e. The first kappa shape index (κ1) is 19.3. The second kappa shape index (κ2) is 8.56. The topological polar surface area (TPSA) is 199 Å². The number of hydrogen-bond acceptors (Lipinski definition) is 10. The highest BCUT2D eigenvalue weighted by Gasteiger charge is 2.40. The van der Waals surface area contributed by atoms with Crippen LogP contribution in [0.25, 0.3) is 0 Å². The molecule has 0 bridgehead atoms. The van der Waals surface area contributed by atoms with E-state index in [2.05, 4.69) is 0 Å². The summed E-state index contributed by atoms with van der Waals surface area (Å²) >= 11 is 0. The fraction of sp³-hybridized carbons (Fsp3) is 0.900. The molecule has 0 aromatic heterocycles. The molecule has 0 radical (unpaired) electrons. The van der Waals surface area contributed by atoms with Gasteiger partial charge in [0.2, 0.25) is 0 Å². The van der Waals surface area contributed by atoms with Crippen LogP contribution < -0.4 is 0 Å². The monoisotopic (exact) mass is 300 g/mol. The van der Waals surface area contributed by atoms with Gasteiger partial charge in [-0.15, -0.1) is 0 Å². The van der Waals surface area contributed by atoms with E-state index in [-0.39, 0.29) is 0 Å². The summed E-state index contributed by atoms with van der Waals surface area (Å²) in [6.45, 7) is -1.91. The largest absolute Gasteiger partial charge is 0.394 e. The molecule has 9 N–H and O–H groups in total. The van der Waals surface area contributed by atoms with Crippen LogP contribution in [0.5, 0.6) is 0 Å². The summed E-state index contributed by atoms with van der Waals surface area (Å²) in [7, 11) is 0. The maximum atomic E-state index is 11.5. The van der Waals surface area contributed by atoms with Gasteiger partial charge in [0.15, 0.2) is 5.78 Å². The first-order valence-corrected chi connectivity index (χ1v) is 5.70. The van der Waals surface area contributed by atoms with Crippen molar-refractivity contribution >= 4 is 5.78 Å². The van der Waals surface area contributed by atoms with E-state index < -0.39 is 61.7 Å². The van der Waals surface area contributed by atoms with E-state index in [0.29, 0.717) is 0 Å². The molecule has 0 aliphatic heterocycles. The van der Waals surface area contributed by atoms with Crippen molar-refractivity contribution in [2.75, 3.05) is 13.2 Å². The maximum absolute atomic E-state index is 11.5. The normalized spacial score (nSPS) is 22.4. The number of ketones is 1. The predicted molar refractivity (Wildman–Crippen MR) is 61.2 cm³/mol. The van der Waals surface area contributed by atoms with Crippen molar-refractivity contribution in [2.24, 2.45) is 0 Å². The van der Waals surface area contributed by atoms with Gasteiger partial charge in [0.05, 0.1) is 13.2 Å². The molecule has 0 rings (SSSR count). The molecule has 20 heavy (non-hydrogen) atoms. The summed E-state index contributed by atoms with van der Waals surface area (Å²) in [4.78, 5) is 11.5. The van der Waals surface area contributed by atoms with Crippen molar-refractivity contribution in [1.29, 1.82) is 0 Å². The molecule has 10 nitrogen and oxygen atoms in total. The van der Waals surface area contributed by atoms with Crippen molar-refractivity contribution < 1.29 is 50.8 Å². The fourth-order valence-corrected chi connectivity index (χ4v) is 1.35. The Kier molecular flexibility index (Phi) is 8.27. The summed E-state index contributed by atoms with van der Waals surface area (Å²) in [5, 5.41) is 81.8. The molecular formula is C10H20O10. The van der Waals surface area contributed by atoms with E-state index in [9.17, 15) is 30.3 Å². The van der Waals surface area contributed by atoms with Crippen molar-refractivity contribution in [3.05, 3.63) is 0 Å². The molecule has 0 unspecified atom stereocenters. The van der Waals surface area contributed by atoms with Gasteiger partial charge in [0.1, 0.15) is 42.7 Å². The van der Waals surface area contributed by atoms with Crippen LogP contribution >= 0.6 is 0 Å². The zero-order chi connectivity index (χ0) is 16.0. The van der Waals surface area contributed by atoms with Gasteiger partial charge in [0.25, 0.3) is 0 Å². The summed E-state index contributed by atoms with van der Waals surface area (Å²) in [5.74, 6) is -1.54. The Morgan fingerprint density at radius 1 is 0.650 bits per heavy atom. The maximum Gasteiger partial charge on any atom is 0.195 e. The zero-order valence-electron chi connectivity index (χ0n) is 10.4. The molecule has 7 atom stereocenters. The smallest absolute Gasteiger partial charge is 0.195 e. The van der Waals surface area contributed by atoms with Crippen LogP contribution in [0.2, 0.25) is 0 Å². The Morgan fingerprint density at radius 2 is 1.00 bits per heavy atom. The lowest BCUT2D eigenvalue weighted by atomic mass is 9.94. The van der Waals surface area contributed by atoms with E-state index in [1.54, 1.807) is 0 Å². The molecule has 0 amide bonds. The Hall–Kier alpha value is -0.690. The average molecular weight is 300 g/mol. The second-order valence-corrected chi connectivity index (χ2v) is 4.26. The SMILES string of the molecule is O=C([C@@H](O)[C@H](O)[C@H](O)CO)[C@@H](O)[C@@H](O)[C@H](O)[C@H](O)CO. The third-order valence-corrected chi connectivity index (χ3v) is 2.74. The third kappa shape index (κ3) is 4.70. The Labute approximate surface area is 113 Å². The molecule has 0 aliphatic rings. The average Bonchev–Trinajstić information content (AvgIpc) is 2.48. The van der Waals surface area contributed by atoms with Crippen LogP contribution in [0.1, 0.15) is 0 Å². The van der Waals surface area contributed by atoms with Gasteiger partial charge in [-0.3, -0.25) is 4.79 Å². The van der Waals surface area contributed by atoms with Crippen molar-refractivity contribution in [1.82, 2.24) is 0 Å². The van der Waals surface area contributed by atoms with Gasteiger partial charge in [0, 0.05) is 0 Å². The summed E-state index contributed by atoms with van der Waals surface area (Å²) in [5.41, 5.74) is 0. The minimum atomic E-state index is -2.39. The number of hydrogen-bond donors (Lipinski definition) is 9. The lowest BCUT2D eigenvalue weighted by molar-refractivity contribution is -0.163. The van der Waals surface area contributed by atoms with Gasteiger partial charge in [-0.2, -0.15) is 0 Å². The molecule has 0 saturated carbocycles. The third-order valence-electron chi connectivity index (χ3n) is 2.74. The van der Waals surface area contributed by atoms with Crippen LogP contribution in [-0.2, 0) is 4.79 Å². The highest BCUT2D eigenvalue weighted by atomic mass is 16.4. The summed E-state index contributed by atoms with van der Waals surface area (Å²) < 4.78 is 0. The van der Waals surface area contributed by atoms with E-state index in [1.807, 2.05) is 0 Å². The van der Waals surface area contributed by atoms with E-state index in [4.69, 9.17) is 20.4 Å². The highest BCUT2D eigenvalue weighted by molar-refractivity contribution is 5.88.